The van der Waals surface area contributed by atoms with Crippen molar-refractivity contribution in [2.45, 2.75) is 19.6 Å². The van der Waals surface area contributed by atoms with E-state index in [2.05, 4.69) is 5.32 Å². The summed E-state index contributed by atoms with van der Waals surface area (Å²) in [7, 11) is 3.13. The van der Waals surface area contributed by atoms with Gasteiger partial charge in [-0.1, -0.05) is 30.3 Å². The molecular formula is C18H21NO4. The van der Waals surface area contributed by atoms with Crippen molar-refractivity contribution >= 4 is 5.91 Å². The van der Waals surface area contributed by atoms with Crippen molar-refractivity contribution in [1.82, 2.24) is 5.32 Å². The average molecular weight is 315 g/mol. The SMILES string of the molecule is COc1cc(OC)cc(O[C@@H](C)C(=O)NCc2ccccc2)c1. The summed E-state index contributed by atoms with van der Waals surface area (Å²) in [4.78, 5) is 12.1. The average Bonchev–Trinajstić information content (AvgIpc) is 2.60. The van der Waals surface area contributed by atoms with Crippen molar-refractivity contribution in [2.75, 3.05) is 14.2 Å². The van der Waals surface area contributed by atoms with Crippen LogP contribution >= 0.6 is 0 Å². The van der Waals surface area contributed by atoms with Gasteiger partial charge in [0, 0.05) is 24.7 Å². The quantitative estimate of drug-likeness (QED) is 0.853. The van der Waals surface area contributed by atoms with Crippen molar-refractivity contribution in [1.29, 1.82) is 0 Å². The lowest BCUT2D eigenvalue weighted by atomic mass is 10.2. The molecule has 0 unspecified atom stereocenters. The van der Waals surface area contributed by atoms with Crippen molar-refractivity contribution in [3.05, 3.63) is 54.1 Å². The molecule has 5 nitrogen and oxygen atoms in total. The molecule has 0 spiro atoms. The molecule has 0 bridgehead atoms. The Morgan fingerprint density at radius 3 is 2.13 bits per heavy atom. The van der Waals surface area contributed by atoms with Crippen LogP contribution in [-0.4, -0.2) is 26.2 Å². The van der Waals surface area contributed by atoms with Gasteiger partial charge in [0.25, 0.3) is 5.91 Å². The van der Waals surface area contributed by atoms with Gasteiger partial charge in [-0.15, -0.1) is 0 Å². The number of carbonyl (C=O) groups excluding carboxylic acids is 1. The third kappa shape index (κ3) is 4.92. The van der Waals surface area contributed by atoms with Crippen molar-refractivity contribution in [3.8, 4) is 17.2 Å². The predicted molar refractivity (Wildman–Crippen MR) is 87.9 cm³/mol. The van der Waals surface area contributed by atoms with Gasteiger partial charge in [-0.2, -0.15) is 0 Å². The van der Waals surface area contributed by atoms with Gasteiger partial charge in [0.15, 0.2) is 6.10 Å². The minimum absolute atomic E-state index is 0.185. The number of hydrogen-bond acceptors (Lipinski definition) is 4. The van der Waals surface area contributed by atoms with E-state index in [1.54, 1.807) is 39.3 Å². The third-order valence-corrected chi connectivity index (χ3v) is 3.32. The second kappa shape index (κ2) is 8.08. The van der Waals surface area contributed by atoms with E-state index in [9.17, 15) is 4.79 Å². The van der Waals surface area contributed by atoms with Crippen LogP contribution in [0.25, 0.3) is 0 Å². The summed E-state index contributed by atoms with van der Waals surface area (Å²) in [6.45, 7) is 2.17. The minimum atomic E-state index is -0.629. The molecule has 0 fully saturated rings. The highest BCUT2D eigenvalue weighted by Gasteiger charge is 2.15. The maximum atomic E-state index is 12.1. The highest BCUT2D eigenvalue weighted by atomic mass is 16.5. The summed E-state index contributed by atoms with van der Waals surface area (Å²) in [6.07, 6.45) is -0.629. The summed E-state index contributed by atoms with van der Waals surface area (Å²) in [6, 6.07) is 14.9. The second-order valence-electron chi connectivity index (χ2n) is 5.01. The predicted octanol–water partition coefficient (Wildman–Crippen LogP) is 2.79. The summed E-state index contributed by atoms with van der Waals surface area (Å²) in [5.74, 6) is 1.55. The fraction of sp³-hybridized carbons (Fsp3) is 0.278. The Labute approximate surface area is 136 Å². The lowest BCUT2D eigenvalue weighted by Gasteiger charge is -2.16. The monoisotopic (exact) mass is 315 g/mol. The molecule has 1 amide bonds. The van der Waals surface area contributed by atoms with Gasteiger partial charge in [0.1, 0.15) is 17.2 Å². The molecule has 0 aliphatic rings. The molecule has 122 valence electrons. The topological polar surface area (TPSA) is 56.8 Å². The molecule has 5 heteroatoms. The summed E-state index contributed by atoms with van der Waals surface area (Å²) in [5.41, 5.74) is 1.04. The fourth-order valence-corrected chi connectivity index (χ4v) is 2.04. The maximum Gasteiger partial charge on any atom is 0.261 e. The second-order valence-corrected chi connectivity index (χ2v) is 5.01. The van der Waals surface area contributed by atoms with Crippen molar-refractivity contribution < 1.29 is 19.0 Å². The Kier molecular flexibility index (Phi) is 5.86. The Bertz CT molecular complexity index is 620. The normalized spacial score (nSPS) is 11.4. The molecule has 1 atom stereocenters. The molecule has 0 aromatic heterocycles. The van der Waals surface area contributed by atoms with Gasteiger partial charge in [-0.05, 0) is 12.5 Å². The van der Waals surface area contributed by atoms with Crippen LogP contribution < -0.4 is 19.5 Å². The molecule has 23 heavy (non-hydrogen) atoms. The Morgan fingerprint density at radius 2 is 1.57 bits per heavy atom. The van der Waals surface area contributed by atoms with E-state index in [4.69, 9.17) is 14.2 Å². The largest absolute Gasteiger partial charge is 0.496 e. The van der Waals surface area contributed by atoms with Gasteiger partial charge in [-0.3, -0.25) is 4.79 Å². The van der Waals surface area contributed by atoms with Crippen LogP contribution in [0, 0.1) is 0 Å². The van der Waals surface area contributed by atoms with E-state index >= 15 is 0 Å². The molecule has 0 aliphatic heterocycles. The van der Waals surface area contributed by atoms with Crippen molar-refractivity contribution in [3.63, 3.8) is 0 Å². The molecule has 0 radical (unpaired) electrons. The van der Waals surface area contributed by atoms with E-state index in [-0.39, 0.29) is 5.91 Å². The van der Waals surface area contributed by atoms with Crippen LogP contribution in [0.3, 0.4) is 0 Å². The van der Waals surface area contributed by atoms with Gasteiger partial charge in [0.2, 0.25) is 0 Å². The summed E-state index contributed by atoms with van der Waals surface area (Å²) >= 11 is 0. The number of carbonyl (C=O) groups is 1. The number of ether oxygens (including phenoxy) is 3. The minimum Gasteiger partial charge on any atom is -0.496 e. The molecule has 2 rings (SSSR count). The Balaban J connectivity index is 1.95. The van der Waals surface area contributed by atoms with E-state index in [0.29, 0.717) is 23.8 Å². The van der Waals surface area contributed by atoms with Crippen LogP contribution in [0.2, 0.25) is 0 Å². The first-order valence-corrected chi connectivity index (χ1v) is 7.33. The first-order chi connectivity index (χ1) is 11.1. The van der Waals surface area contributed by atoms with E-state index in [1.165, 1.54) is 0 Å². The zero-order chi connectivity index (χ0) is 16.7. The molecule has 1 N–H and O–H groups in total. The number of benzene rings is 2. The zero-order valence-electron chi connectivity index (χ0n) is 13.5. The molecule has 0 saturated heterocycles. The van der Waals surface area contributed by atoms with E-state index in [1.807, 2.05) is 30.3 Å². The number of hydrogen-bond donors (Lipinski definition) is 1. The van der Waals surface area contributed by atoms with Gasteiger partial charge >= 0.3 is 0 Å². The molecule has 0 saturated carbocycles. The Hall–Kier alpha value is -2.69. The molecule has 0 aliphatic carbocycles. The van der Waals surface area contributed by atoms with Gasteiger partial charge < -0.3 is 19.5 Å². The van der Waals surface area contributed by atoms with Crippen LogP contribution in [-0.2, 0) is 11.3 Å². The Morgan fingerprint density at radius 1 is 1.00 bits per heavy atom. The van der Waals surface area contributed by atoms with E-state index in [0.717, 1.165) is 5.56 Å². The number of rotatable bonds is 7. The van der Waals surface area contributed by atoms with Crippen molar-refractivity contribution in [2.24, 2.45) is 0 Å². The first kappa shape index (κ1) is 16.7. The highest BCUT2D eigenvalue weighted by molar-refractivity contribution is 5.80. The van der Waals surface area contributed by atoms with Crippen LogP contribution in [0.5, 0.6) is 17.2 Å². The van der Waals surface area contributed by atoms with E-state index < -0.39 is 6.10 Å². The van der Waals surface area contributed by atoms with Crippen LogP contribution in [0.15, 0.2) is 48.5 Å². The lowest BCUT2D eigenvalue weighted by molar-refractivity contribution is -0.127. The zero-order valence-corrected chi connectivity index (χ0v) is 13.5. The maximum absolute atomic E-state index is 12.1. The van der Waals surface area contributed by atoms with Crippen LogP contribution in [0.1, 0.15) is 12.5 Å². The van der Waals surface area contributed by atoms with Gasteiger partial charge in [0.05, 0.1) is 14.2 Å². The molecule has 0 heterocycles. The lowest BCUT2D eigenvalue weighted by Crippen LogP contribution is -2.35. The number of amides is 1. The third-order valence-electron chi connectivity index (χ3n) is 3.32. The standard InChI is InChI=1S/C18H21NO4/c1-13(18(20)19-12-14-7-5-4-6-8-14)23-17-10-15(21-2)9-16(11-17)22-3/h4-11,13H,12H2,1-3H3,(H,19,20)/t13-/m0/s1. The van der Waals surface area contributed by atoms with Gasteiger partial charge in [-0.25, -0.2) is 0 Å². The highest BCUT2D eigenvalue weighted by Crippen LogP contribution is 2.28. The molecular weight excluding hydrogens is 294 g/mol. The number of methoxy groups -OCH3 is 2. The van der Waals surface area contributed by atoms with Crippen LogP contribution in [0.4, 0.5) is 0 Å². The molecule has 2 aromatic carbocycles. The molecule has 2 aromatic rings. The first-order valence-electron chi connectivity index (χ1n) is 7.33. The number of nitrogens with one attached hydrogen (secondary N) is 1. The summed E-state index contributed by atoms with van der Waals surface area (Å²) in [5, 5.41) is 2.85. The fourth-order valence-electron chi connectivity index (χ4n) is 2.04. The summed E-state index contributed by atoms with van der Waals surface area (Å²) < 4.78 is 16.0. The smallest absolute Gasteiger partial charge is 0.261 e.